The molecule has 0 unspecified atom stereocenters. The molecule has 2 aromatic rings. The molecule has 3 rings (SSSR count). The summed E-state index contributed by atoms with van der Waals surface area (Å²) in [6, 6.07) is 10.3. The van der Waals surface area contributed by atoms with Gasteiger partial charge in [-0.05, 0) is 41.3 Å². The Morgan fingerprint density at radius 1 is 1.22 bits per heavy atom. The molecular weight excluding hydrogens is 366 g/mol. The number of carboxylic acid groups (broad SMARTS) is 1. The number of nitrogens with one attached hydrogen (secondary N) is 1. The third-order valence-electron chi connectivity index (χ3n) is 4.44. The van der Waals surface area contributed by atoms with Gasteiger partial charge in [0.2, 0.25) is 12.7 Å². The summed E-state index contributed by atoms with van der Waals surface area (Å²) in [6.07, 6.45) is 0.996. The van der Waals surface area contributed by atoms with Crippen molar-refractivity contribution in [2.75, 3.05) is 6.79 Å². The van der Waals surface area contributed by atoms with Gasteiger partial charge < -0.3 is 19.9 Å². The molecule has 142 valence electrons. The highest BCUT2D eigenvalue weighted by molar-refractivity contribution is 7.80. The average molecular weight is 387 g/mol. The van der Waals surface area contributed by atoms with E-state index in [1.54, 1.807) is 6.92 Å². The van der Waals surface area contributed by atoms with Crippen molar-refractivity contribution in [3.05, 3.63) is 53.1 Å². The van der Waals surface area contributed by atoms with E-state index in [0.29, 0.717) is 17.9 Å². The molecule has 0 fully saturated rings. The molecule has 0 bridgehead atoms. The van der Waals surface area contributed by atoms with Gasteiger partial charge in [-0.15, -0.1) is 12.6 Å². The predicted molar refractivity (Wildman–Crippen MR) is 103 cm³/mol. The normalized spacial score (nSPS) is 13.3. The predicted octanol–water partition coefficient (Wildman–Crippen LogP) is 2.82. The minimum Gasteiger partial charge on any atom is -0.480 e. The number of aliphatic carboxylic acids is 1. The Hall–Kier alpha value is -2.67. The molecule has 27 heavy (non-hydrogen) atoms. The number of carboxylic acids is 1. The van der Waals surface area contributed by atoms with Crippen molar-refractivity contribution in [3.8, 4) is 11.5 Å². The average Bonchev–Trinajstić information content (AvgIpc) is 3.11. The van der Waals surface area contributed by atoms with Crippen LogP contribution in [0.3, 0.4) is 0 Å². The van der Waals surface area contributed by atoms with E-state index in [1.165, 1.54) is 0 Å². The lowest BCUT2D eigenvalue weighted by Crippen LogP contribution is -2.42. The van der Waals surface area contributed by atoms with Crippen LogP contribution in [0.1, 0.15) is 30.0 Å². The van der Waals surface area contributed by atoms with Gasteiger partial charge in [-0.25, -0.2) is 4.79 Å². The summed E-state index contributed by atoms with van der Waals surface area (Å²) in [4.78, 5) is 24.0. The van der Waals surface area contributed by atoms with Gasteiger partial charge in [-0.3, -0.25) is 4.79 Å². The second kappa shape index (κ2) is 8.35. The number of benzene rings is 2. The summed E-state index contributed by atoms with van der Waals surface area (Å²) in [5.41, 5.74) is 2.77. The van der Waals surface area contributed by atoms with Crippen LogP contribution >= 0.6 is 12.6 Å². The van der Waals surface area contributed by atoms with Crippen LogP contribution in [0.15, 0.2) is 41.3 Å². The summed E-state index contributed by atoms with van der Waals surface area (Å²) in [5, 5.41) is 12.0. The first-order chi connectivity index (χ1) is 13.0. The fraction of sp³-hybridized carbons (Fsp3) is 0.300. The van der Waals surface area contributed by atoms with Crippen LogP contribution in [0.25, 0.3) is 0 Å². The van der Waals surface area contributed by atoms with Gasteiger partial charge in [0.05, 0.1) is 0 Å². The molecule has 7 heteroatoms. The zero-order valence-corrected chi connectivity index (χ0v) is 15.8. The SMILES string of the molecule is CCC(=O)N[C@@H](Cc1cccc(S)c1Cc1ccc2c(c1)OCO2)C(=O)O. The van der Waals surface area contributed by atoms with E-state index >= 15 is 0 Å². The standard InChI is InChI=1S/C20H21NO5S/c1-2-19(22)21-15(20(23)24)10-13-4-3-5-18(27)14(13)8-12-6-7-16-17(9-12)26-11-25-16/h3-7,9,15,27H,2,8,10-11H2,1H3,(H,21,22)(H,23,24)/t15-/m0/s1. The number of carbonyl (C=O) groups excluding carboxylic acids is 1. The molecule has 6 nitrogen and oxygen atoms in total. The molecule has 0 aromatic heterocycles. The summed E-state index contributed by atoms with van der Waals surface area (Å²) < 4.78 is 10.8. The Morgan fingerprint density at radius 3 is 2.74 bits per heavy atom. The second-order valence-corrected chi connectivity index (χ2v) is 6.78. The van der Waals surface area contributed by atoms with Crippen LogP contribution in [-0.2, 0) is 22.4 Å². The zero-order valence-electron chi connectivity index (χ0n) is 14.9. The Labute approximate surface area is 162 Å². The second-order valence-electron chi connectivity index (χ2n) is 6.30. The van der Waals surface area contributed by atoms with Gasteiger partial charge in [0.25, 0.3) is 0 Å². The molecule has 1 atom stereocenters. The lowest BCUT2D eigenvalue weighted by Gasteiger charge is -2.18. The van der Waals surface area contributed by atoms with Crippen molar-refractivity contribution in [2.24, 2.45) is 0 Å². The fourth-order valence-electron chi connectivity index (χ4n) is 2.99. The number of amides is 1. The number of hydrogen-bond acceptors (Lipinski definition) is 5. The highest BCUT2D eigenvalue weighted by Crippen LogP contribution is 2.34. The third kappa shape index (κ3) is 4.54. The van der Waals surface area contributed by atoms with Crippen LogP contribution < -0.4 is 14.8 Å². The number of ether oxygens (including phenoxy) is 2. The van der Waals surface area contributed by atoms with E-state index in [2.05, 4.69) is 17.9 Å². The first-order valence-corrected chi connectivity index (χ1v) is 9.13. The maximum atomic E-state index is 11.7. The van der Waals surface area contributed by atoms with Crippen molar-refractivity contribution in [3.63, 3.8) is 0 Å². The monoisotopic (exact) mass is 387 g/mol. The number of fused-ring (bicyclic) bond motifs is 1. The molecule has 1 aliphatic heterocycles. The van der Waals surface area contributed by atoms with Gasteiger partial charge in [0.1, 0.15) is 6.04 Å². The van der Waals surface area contributed by atoms with Crippen molar-refractivity contribution in [2.45, 2.75) is 37.1 Å². The van der Waals surface area contributed by atoms with Gasteiger partial charge in [0, 0.05) is 17.7 Å². The highest BCUT2D eigenvalue weighted by Gasteiger charge is 2.22. The van der Waals surface area contributed by atoms with Gasteiger partial charge in [-0.2, -0.15) is 0 Å². The molecular formula is C20H21NO5S. The van der Waals surface area contributed by atoms with Crippen molar-refractivity contribution >= 4 is 24.5 Å². The molecule has 0 saturated carbocycles. The summed E-state index contributed by atoms with van der Waals surface area (Å²) >= 11 is 4.55. The van der Waals surface area contributed by atoms with Crippen molar-refractivity contribution < 1.29 is 24.2 Å². The van der Waals surface area contributed by atoms with E-state index in [-0.39, 0.29) is 25.5 Å². The molecule has 0 radical (unpaired) electrons. The molecule has 1 amide bonds. The summed E-state index contributed by atoms with van der Waals surface area (Å²) in [7, 11) is 0. The molecule has 1 aliphatic rings. The molecule has 2 aromatic carbocycles. The highest BCUT2D eigenvalue weighted by atomic mass is 32.1. The molecule has 0 spiro atoms. The van der Waals surface area contributed by atoms with Gasteiger partial charge in [0.15, 0.2) is 11.5 Å². The fourth-order valence-corrected chi connectivity index (χ4v) is 3.30. The van der Waals surface area contributed by atoms with Crippen LogP contribution in [-0.4, -0.2) is 29.8 Å². The van der Waals surface area contributed by atoms with E-state index in [0.717, 1.165) is 21.6 Å². The molecule has 2 N–H and O–H groups in total. The summed E-state index contributed by atoms with van der Waals surface area (Å²) in [5.74, 6) is 0.0628. The minimum absolute atomic E-state index is 0.190. The summed E-state index contributed by atoms with van der Waals surface area (Å²) in [6.45, 7) is 1.90. The van der Waals surface area contributed by atoms with Gasteiger partial charge >= 0.3 is 5.97 Å². The number of thiol groups is 1. The first-order valence-electron chi connectivity index (χ1n) is 8.68. The quantitative estimate of drug-likeness (QED) is 0.636. The van der Waals surface area contributed by atoms with Crippen molar-refractivity contribution in [1.82, 2.24) is 5.32 Å². The molecule has 1 heterocycles. The molecule has 0 saturated heterocycles. The van der Waals surface area contributed by atoms with Crippen LogP contribution in [0.2, 0.25) is 0 Å². The van der Waals surface area contributed by atoms with Crippen LogP contribution in [0.5, 0.6) is 11.5 Å². The van der Waals surface area contributed by atoms with E-state index in [9.17, 15) is 14.7 Å². The number of carbonyl (C=O) groups is 2. The topological polar surface area (TPSA) is 84.9 Å². The Balaban J connectivity index is 1.85. The Bertz CT molecular complexity index is 867. The van der Waals surface area contributed by atoms with Crippen LogP contribution in [0.4, 0.5) is 0 Å². The number of hydrogen-bond donors (Lipinski definition) is 3. The van der Waals surface area contributed by atoms with E-state index < -0.39 is 12.0 Å². The Kier molecular flexibility index (Phi) is 5.91. The Morgan fingerprint density at radius 2 is 2.00 bits per heavy atom. The number of rotatable bonds is 7. The molecule has 0 aliphatic carbocycles. The van der Waals surface area contributed by atoms with Crippen molar-refractivity contribution in [1.29, 1.82) is 0 Å². The minimum atomic E-state index is -1.06. The lowest BCUT2D eigenvalue weighted by atomic mass is 9.95. The lowest BCUT2D eigenvalue weighted by molar-refractivity contribution is -0.141. The smallest absolute Gasteiger partial charge is 0.326 e. The third-order valence-corrected chi connectivity index (χ3v) is 4.86. The maximum absolute atomic E-state index is 11.7. The first kappa shape index (κ1) is 19.1. The van der Waals surface area contributed by atoms with E-state index in [1.807, 2.05) is 36.4 Å². The zero-order chi connectivity index (χ0) is 19.4. The van der Waals surface area contributed by atoms with Gasteiger partial charge in [-0.1, -0.05) is 25.1 Å². The largest absolute Gasteiger partial charge is 0.480 e. The van der Waals surface area contributed by atoms with Crippen LogP contribution in [0, 0.1) is 0 Å². The maximum Gasteiger partial charge on any atom is 0.326 e. The van der Waals surface area contributed by atoms with E-state index in [4.69, 9.17) is 9.47 Å².